The zero-order chi connectivity index (χ0) is 9.14. The summed E-state index contributed by atoms with van der Waals surface area (Å²) in [5, 5.41) is 10.3. The molecule has 2 nitrogen and oxygen atoms in total. The summed E-state index contributed by atoms with van der Waals surface area (Å²) in [6.45, 7) is 5.58. The number of nitrogens with zero attached hydrogens (tertiary/aromatic N) is 1. The molecule has 12 heavy (non-hydrogen) atoms. The molecule has 64 valence electrons. The van der Waals surface area contributed by atoms with Crippen molar-refractivity contribution in [1.29, 1.82) is 0 Å². The van der Waals surface area contributed by atoms with E-state index in [-0.39, 0.29) is 5.75 Å². The maximum absolute atomic E-state index is 9.48. The van der Waals surface area contributed by atoms with Gasteiger partial charge in [-0.3, -0.25) is 0 Å². The minimum atomic E-state index is 0.252. The first-order chi connectivity index (χ1) is 5.65. The van der Waals surface area contributed by atoms with Crippen molar-refractivity contribution in [2.24, 2.45) is 0 Å². The van der Waals surface area contributed by atoms with E-state index in [2.05, 4.69) is 11.6 Å². The molecule has 1 heterocycles. The number of aromatic nitrogens is 1. The molecule has 0 unspecified atom stereocenters. The highest BCUT2D eigenvalue weighted by atomic mass is 32.2. The molecule has 0 aliphatic heterocycles. The van der Waals surface area contributed by atoms with Crippen molar-refractivity contribution in [3.05, 3.63) is 24.4 Å². The molecular weight excluding hydrogens is 170 g/mol. The van der Waals surface area contributed by atoms with Gasteiger partial charge in [-0.1, -0.05) is 6.58 Å². The highest BCUT2D eigenvalue weighted by Crippen LogP contribution is 2.25. The van der Waals surface area contributed by atoms with E-state index in [1.807, 2.05) is 13.2 Å². The van der Waals surface area contributed by atoms with Crippen LogP contribution in [0.2, 0.25) is 0 Å². The van der Waals surface area contributed by atoms with E-state index in [1.54, 1.807) is 12.3 Å². The fraction of sp³-hybridized carbons (Fsp3) is 0.222. The molecule has 1 aromatic heterocycles. The Morgan fingerprint density at radius 1 is 1.67 bits per heavy atom. The Morgan fingerprint density at radius 2 is 2.33 bits per heavy atom. The van der Waals surface area contributed by atoms with Gasteiger partial charge in [-0.2, -0.15) is 0 Å². The molecule has 3 heteroatoms. The smallest absolute Gasteiger partial charge is 0.127 e. The van der Waals surface area contributed by atoms with E-state index >= 15 is 0 Å². The number of allylic oxidation sites excluding steroid dienone is 1. The molecule has 0 amide bonds. The summed E-state index contributed by atoms with van der Waals surface area (Å²) in [5.41, 5.74) is 1.54. The average Bonchev–Trinajstić information content (AvgIpc) is 2.03. The van der Waals surface area contributed by atoms with Gasteiger partial charge in [0.15, 0.2) is 0 Å². The second-order valence-corrected chi connectivity index (χ2v) is 3.35. The molecule has 0 saturated heterocycles. The molecule has 1 aromatic rings. The van der Waals surface area contributed by atoms with E-state index in [0.29, 0.717) is 5.56 Å². The van der Waals surface area contributed by atoms with Gasteiger partial charge in [-0.15, -0.1) is 11.8 Å². The number of pyridine rings is 1. The van der Waals surface area contributed by atoms with Crippen molar-refractivity contribution in [2.45, 2.75) is 11.9 Å². The van der Waals surface area contributed by atoms with Crippen LogP contribution >= 0.6 is 11.8 Å². The average molecular weight is 181 g/mol. The van der Waals surface area contributed by atoms with Gasteiger partial charge in [0.2, 0.25) is 0 Å². The Morgan fingerprint density at radius 3 is 2.75 bits per heavy atom. The van der Waals surface area contributed by atoms with Gasteiger partial charge < -0.3 is 5.11 Å². The van der Waals surface area contributed by atoms with Gasteiger partial charge in [0.05, 0.1) is 5.03 Å². The number of hydrogen-bond donors (Lipinski definition) is 1. The third-order valence-corrected chi connectivity index (χ3v) is 2.17. The third kappa shape index (κ3) is 1.80. The fourth-order valence-electron chi connectivity index (χ4n) is 0.867. The number of hydrogen-bond acceptors (Lipinski definition) is 3. The molecule has 0 aromatic carbocycles. The first-order valence-electron chi connectivity index (χ1n) is 3.54. The largest absolute Gasteiger partial charge is 0.507 e. The van der Waals surface area contributed by atoms with Gasteiger partial charge >= 0.3 is 0 Å². The van der Waals surface area contributed by atoms with Crippen LogP contribution in [0.3, 0.4) is 0 Å². The van der Waals surface area contributed by atoms with Crippen LogP contribution in [0.5, 0.6) is 5.75 Å². The molecule has 0 aliphatic carbocycles. The van der Waals surface area contributed by atoms with Crippen LogP contribution in [0.25, 0.3) is 5.57 Å². The topological polar surface area (TPSA) is 33.1 Å². The number of rotatable bonds is 2. The molecular formula is C9H11NOS. The molecule has 0 spiro atoms. The van der Waals surface area contributed by atoms with Crippen molar-refractivity contribution >= 4 is 17.3 Å². The zero-order valence-electron chi connectivity index (χ0n) is 7.16. The molecule has 0 atom stereocenters. The second kappa shape index (κ2) is 3.63. The molecule has 1 rings (SSSR count). The van der Waals surface area contributed by atoms with Crippen molar-refractivity contribution < 1.29 is 5.11 Å². The van der Waals surface area contributed by atoms with Crippen LogP contribution in [0, 0.1) is 0 Å². The zero-order valence-corrected chi connectivity index (χ0v) is 7.98. The lowest BCUT2D eigenvalue weighted by molar-refractivity contribution is 0.470. The first kappa shape index (κ1) is 9.13. The summed E-state index contributed by atoms with van der Waals surface area (Å²) in [5.74, 6) is 0.252. The normalized spacial score (nSPS) is 9.83. The van der Waals surface area contributed by atoms with Gasteiger partial charge in [0, 0.05) is 17.8 Å². The van der Waals surface area contributed by atoms with E-state index in [1.165, 1.54) is 11.8 Å². The Bertz CT molecular complexity index is 309. The Labute approximate surface area is 76.3 Å². The van der Waals surface area contributed by atoms with Crippen LogP contribution < -0.4 is 0 Å². The summed E-state index contributed by atoms with van der Waals surface area (Å²) in [6, 6.07) is 1.65. The Hall–Kier alpha value is -0.960. The van der Waals surface area contributed by atoms with Gasteiger partial charge in [0.1, 0.15) is 5.75 Å². The lowest BCUT2D eigenvalue weighted by Gasteiger charge is -2.03. The minimum absolute atomic E-state index is 0.252. The highest BCUT2D eigenvalue weighted by molar-refractivity contribution is 7.98. The van der Waals surface area contributed by atoms with Crippen LogP contribution in [0.1, 0.15) is 12.5 Å². The summed E-state index contributed by atoms with van der Waals surface area (Å²) < 4.78 is 0. The SMILES string of the molecule is C=C(C)c1cnc(SC)cc1O. The fourth-order valence-corrected chi connectivity index (χ4v) is 1.25. The quantitative estimate of drug-likeness (QED) is 0.712. The Kier molecular flexibility index (Phi) is 2.76. The van der Waals surface area contributed by atoms with Gasteiger partial charge in [0.25, 0.3) is 0 Å². The monoisotopic (exact) mass is 181 g/mol. The lowest BCUT2D eigenvalue weighted by Crippen LogP contribution is -1.84. The van der Waals surface area contributed by atoms with Crippen LogP contribution in [0.4, 0.5) is 0 Å². The van der Waals surface area contributed by atoms with Crippen LogP contribution in [-0.4, -0.2) is 16.3 Å². The summed E-state index contributed by atoms with van der Waals surface area (Å²) in [6.07, 6.45) is 3.56. The standard InChI is InChI=1S/C9H11NOS/c1-6(2)7-5-10-9(12-3)4-8(7)11/h4-5H,1H2,2-3H3,(H,10,11). The number of aromatic hydroxyl groups is 1. The van der Waals surface area contributed by atoms with Crippen LogP contribution in [-0.2, 0) is 0 Å². The summed E-state index contributed by atoms with van der Waals surface area (Å²) in [7, 11) is 0. The van der Waals surface area contributed by atoms with Crippen LogP contribution in [0.15, 0.2) is 23.9 Å². The minimum Gasteiger partial charge on any atom is -0.507 e. The predicted octanol–water partition coefficient (Wildman–Crippen LogP) is 2.54. The summed E-state index contributed by atoms with van der Waals surface area (Å²) in [4.78, 5) is 4.12. The maximum Gasteiger partial charge on any atom is 0.127 e. The van der Waals surface area contributed by atoms with Gasteiger partial charge in [-0.25, -0.2) is 4.98 Å². The van der Waals surface area contributed by atoms with Crippen molar-refractivity contribution in [3.8, 4) is 5.75 Å². The molecule has 0 radical (unpaired) electrons. The maximum atomic E-state index is 9.48. The van der Waals surface area contributed by atoms with Crippen molar-refractivity contribution in [3.63, 3.8) is 0 Å². The predicted molar refractivity (Wildman–Crippen MR) is 52.4 cm³/mol. The van der Waals surface area contributed by atoms with E-state index in [0.717, 1.165) is 10.6 Å². The number of thioether (sulfide) groups is 1. The Balaban J connectivity index is 3.12. The van der Waals surface area contributed by atoms with Crippen molar-refractivity contribution in [1.82, 2.24) is 4.98 Å². The highest BCUT2D eigenvalue weighted by Gasteiger charge is 2.02. The molecule has 0 saturated carbocycles. The van der Waals surface area contributed by atoms with E-state index < -0.39 is 0 Å². The summed E-state index contributed by atoms with van der Waals surface area (Å²) >= 11 is 1.50. The van der Waals surface area contributed by atoms with Crippen molar-refractivity contribution in [2.75, 3.05) is 6.26 Å². The van der Waals surface area contributed by atoms with E-state index in [9.17, 15) is 5.11 Å². The molecule has 0 bridgehead atoms. The van der Waals surface area contributed by atoms with Gasteiger partial charge in [-0.05, 0) is 18.8 Å². The molecule has 0 fully saturated rings. The molecule has 1 N–H and O–H groups in total. The van der Waals surface area contributed by atoms with E-state index in [4.69, 9.17) is 0 Å². The second-order valence-electron chi connectivity index (χ2n) is 2.52. The third-order valence-electron chi connectivity index (χ3n) is 1.53. The first-order valence-corrected chi connectivity index (χ1v) is 4.76. The lowest BCUT2D eigenvalue weighted by atomic mass is 10.1. The molecule has 0 aliphatic rings.